The first kappa shape index (κ1) is 50.5. The molecule has 0 nitrogen and oxygen atoms in total. The van der Waals surface area contributed by atoms with Crippen LogP contribution in [0.5, 0.6) is 0 Å². The molecular weight excluding hydrogens is 827 g/mol. The van der Waals surface area contributed by atoms with E-state index in [0.29, 0.717) is 12.0 Å². The maximum absolute atomic E-state index is 15.7. The lowest BCUT2D eigenvalue weighted by molar-refractivity contribution is 0.558. The van der Waals surface area contributed by atoms with Gasteiger partial charge in [-0.15, -0.1) is 0 Å². The number of unbranched alkanes of at least 4 members (excludes halogenated alkanes) is 2. The summed E-state index contributed by atoms with van der Waals surface area (Å²) in [4.78, 5) is 0. The fourth-order valence-corrected chi connectivity index (χ4v) is 7.70. The first-order valence-corrected chi connectivity index (χ1v) is 23.5. The molecule has 0 saturated heterocycles. The fraction of sp³-hybridized carbons (Fsp3) is 0.492. The first-order valence-electron chi connectivity index (χ1n) is 22.3. The third kappa shape index (κ3) is 12.3. The van der Waals surface area contributed by atoms with E-state index in [0.717, 1.165) is 34.9 Å². The second kappa shape index (κ2) is 18.6. The predicted octanol–water partition coefficient (Wildman–Crippen LogP) is 16.1. The highest BCUT2D eigenvalue weighted by atomic mass is 79.9. The van der Waals surface area contributed by atoms with Crippen molar-refractivity contribution in [1.82, 2.24) is 0 Å². The van der Waals surface area contributed by atoms with E-state index >= 15 is 8.78 Å². The van der Waals surface area contributed by atoms with Crippen molar-refractivity contribution < 1.29 is 8.78 Å². The van der Waals surface area contributed by atoms with Gasteiger partial charge in [0.2, 0.25) is 0 Å². The van der Waals surface area contributed by atoms with Crippen molar-refractivity contribution in [3.05, 3.63) is 140 Å². The number of rotatable bonds is 6. The van der Waals surface area contributed by atoms with Crippen molar-refractivity contribution in [3.63, 3.8) is 0 Å². The Kier molecular flexibility index (Phi) is 15.1. The molecule has 0 saturated carbocycles. The van der Waals surface area contributed by atoms with Crippen LogP contribution in [0.3, 0.4) is 0 Å². The van der Waals surface area contributed by atoms with Crippen LogP contribution in [0.25, 0.3) is 0 Å². The van der Waals surface area contributed by atoms with Gasteiger partial charge in [-0.25, -0.2) is 8.78 Å². The van der Waals surface area contributed by atoms with Gasteiger partial charge in [-0.3, -0.25) is 0 Å². The minimum Gasteiger partial charge on any atom is -0.205 e. The minimum absolute atomic E-state index is 0.179. The van der Waals surface area contributed by atoms with Crippen LogP contribution in [0.4, 0.5) is 8.78 Å². The Morgan fingerprint density at radius 2 is 0.710 bits per heavy atom. The van der Waals surface area contributed by atoms with E-state index in [4.69, 9.17) is 0 Å². The Balaban J connectivity index is 2.31. The average Bonchev–Trinajstić information content (AvgIpc) is 3.13. The smallest absolute Gasteiger partial charge is 0.143 e. The lowest BCUT2D eigenvalue weighted by Crippen LogP contribution is -2.32. The highest BCUT2D eigenvalue weighted by molar-refractivity contribution is 9.09. The summed E-state index contributed by atoms with van der Waals surface area (Å²) in [6.45, 7) is 40.7. The van der Waals surface area contributed by atoms with Crippen molar-refractivity contribution in [1.29, 1.82) is 0 Å². The SMILES string of the molecule is CC(C)(C)c1cc(C(C)(C)C)cc(C(C#CC#Cc2c(F)cc(C#CCCCCBr)cc2F)(c2cc(C(C)(C)C)cc(C(C)(C)C)c2)c2cc(C(C)(C)C)cc(C(C)(C)C)c2)c1. The van der Waals surface area contributed by atoms with Crippen molar-refractivity contribution in [2.45, 2.75) is 182 Å². The van der Waals surface area contributed by atoms with Crippen LogP contribution in [-0.4, -0.2) is 5.33 Å². The molecule has 62 heavy (non-hydrogen) atoms. The van der Waals surface area contributed by atoms with Crippen molar-refractivity contribution in [3.8, 4) is 35.5 Å². The molecule has 0 spiro atoms. The van der Waals surface area contributed by atoms with Gasteiger partial charge in [0, 0.05) is 17.3 Å². The first-order chi connectivity index (χ1) is 28.3. The molecule has 0 aliphatic rings. The summed E-state index contributed by atoms with van der Waals surface area (Å²) in [7, 11) is 0. The lowest BCUT2D eigenvalue weighted by Gasteiger charge is -2.38. The molecular formula is C59H73BrF2. The molecule has 0 unspecified atom stereocenters. The summed E-state index contributed by atoms with van der Waals surface area (Å²) >= 11 is 3.43. The Labute approximate surface area is 385 Å². The van der Waals surface area contributed by atoms with Crippen LogP contribution in [0.15, 0.2) is 66.7 Å². The Bertz CT molecular complexity index is 2150. The molecule has 0 aliphatic heterocycles. The molecule has 0 bridgehead atoms. The van der Waals surface area contributed by atoms with E-state index in [2.05, 4.69) is 231 Å². The van der Waals surface area contributed by atoms with Gasteiger partial charge in [-0.1, -0.05) is 213 Å². The predicted molar refractivity (Wildman–Crippen MR) is 267 cm³/mol. The fourth-order valence-electron chi connectivity index (χ4n) is 7.30. The lowest BCUT2D eigenvalue weighted by atomic mass is 9.64. The summed E-state index contributed by atoms with van der Waals surface area (Å²) in [5, 5.41) is 0.902. The summed E-state index contributed by atoms with van der Waals surface area (Å²) in [5.41, 5.74) is 8.21. The molecule has 0 radical (unpaired) electrons. The number of halogens is 3. The quantitative estimate of drug-likeness (QED) is 0.0783. The molecule has 4 aromatic carbocycles. The van der Waals surface area contributed by atoms with E-state index in [1.165, 1.54) is 45.5 Å². The summed E-state index contributed by atoms with van der Waals surface area (Å²) < 4.78 is 31.3. The maximum atomic E-state index is 15.7. The van der Waals surface area contributed by atoms with Crippen molar-refractivity contribution >= 4 is 15.9 Å². The van der Waals surface area contributed by atoms with Gasteiger partial charge < -0.3 is 0 Å². The zero-order valence-electron chi connectivity index (χ0n) is 41.3. The third-order valence-electron chi connectivity index (χ3n) is 11.8. The molecule has 0 aromatic heterocycles. The standard InChI is InChI=1S/C59H73BrF2/c1-53(2,3)41-31-42(54(4,5)6)35-47(34-41)59(48-36-43(55(7,8)9)32-44(37-48)56(10,11)12,49-38-45(57(13,14)15)33-46(39-49)58(16,17)18)27-23-22-26-50-51(61)29-40(30-52(50)62)25-21-19-20-24-28-60/h29-39H,19-20,24,28H2,1-18H3. The number of hydrogen-bond acceptors (Lipinski definition) is 0. The van der Waals surface area contributed by atoms with Gasteiger partial charge in [0.25, 0.3) is 0 Å². The normalized spacial score (nSPS) is 12.8. The highest BCUT2D eigenvalue weighted by Crippen LogP contribution is 2.47. The molecule has 4 aromatic rings. The van der Waals surface area contributed by atoms with Crippen LogP contribution >= 0.6 is 15.9 Å². The van der Waals surface area contributed by atoms with Gasteiger partial charge in [0.1, 0.15) is 17.0 Å². The van der Waals surface area contributed by atoms with E-state index in [-0.39, 0.29) is 38.1 Å². The molecule has 0 N–H and O–H groups in total. The Hall–Kier alpha value is -4.10. The Morgan fingerprint density at radius 3 is 1.00 bits per heavy atom. The number of hydrogen-bond donors (Lipinski definition) is 0. The topological polar surface area (TPSA) is 0 Å². The summed E-state index contributed by atoms with van der Waals surface area (Å²) in [6, 6.07) is 23.7. The minimum atomic E-state index is -1.07. The molecule has 330 valence electrons. The second-order valence-corrected chi connectivity index (χ2v) is 24.2. The van der Waals surface area contributed by atoms with Gasteiger partial charge in [0.05, 0.1) is 5.56 Å². The molecule has 3 heteroatoms. The van der Waals surface area contributed by atoms with Gasteiger partial charge in [0.15, 0.2) is 0 Å². The monoisotopic (exact) mass is 898 g/mol. The van der Waals surface area contributed by atoms with Crippen LogP contribution in [0, 0.1) is 47.2 Å². The van der Waals surface area contributed by atoms with Crippen molar-refractivity contribution in [2.75, 3.05) is 5.33 Å². The van der Waals surface area contributed by atoms with E-state index in [1.54, 1.807) is 0 Å². The molecule has 0 amide bonds. The molecule has 0 atom stereocenters. The van der Waals surface area contributed by atoms with Crippen LogP contribution in [-0.2, 0) is 37.9 Å². The number of alkyl halides is 1. The van der Waals surface area contributed by atoms with Crippen LogP contribution < -0.4 is 0 Å². The maximum Gasteiger partial charge on any atom is 0.143 e. The summed E-state index contributed by atoms with van der Waals surface area (Å²) in [6.07, 6.45) is 2.57. The number of benzene rings is 4. The van der Waals surface area contributed by atoms with Gasteiger partial charge in [-0.2, -0.15) is 0 Å². The third-order valence-corrected chi connectivity index (χ3v) is 12.3. The van der Waals surface area contributed by atoms with Crippen LogP contribution in [0.1, 0.15) is 205 Å². The zero-order valence-corrected chi connectivity index (χ0v) is 42.9. The van der Waals surface area contributed by atoms with E-state index in [9.17, 15) is 0 Å². The van der Waals surface area contributed by atoms with E-state index in [1.807, 2.05) is 0 Å². The van der Waals surface area contributed by atoms with Gasteiger partial charge >= 0.3 is 0 Å². The zero-order chi connectivity index (χ0) is 46.9. The molecule has 0 heterocycles. The van der Waals surface area contributed by atoms with Gasteiger partial charge in [-0.05, 0) is 125 Å². The molecule has 0 aliphatic carbocycles. The molecule has 0 fully saturated rings. The van der Waals surface area contributed by atoms with E-state index < -0.39 is 17.0 Å². The molecule has 4 rings (SSSR count). The largest absolute Gasteiger partial charge is 0.205 e. The highest BCUT2D eigenvalue weighted by Gasteiger charge is 2.40. The van der Waals surface area contributed by atoms with Crippen LogP contribution in [0.2, 0.25) is 0 Å². The second-order valence-electron chi connectivity index (χ2n) is 23.4. The summed E-state index contributed by atoms with van der Waals surface area (Å²) in [5.74, 6) is 17.3. The Morgan fingerprint density at radius 1 is 0.403 bits per heavy atom. The average molecular weight is 900 g/mol. The van der Waals surface area contributed by atoms with Crippen molar-refractivity contribution in [2.24, 2.45) is 0 Å².